The Bertz CT molecular complexity index is 891. The lowest BCUT2D eigenvalue weighted by Gasteiger charge is -2.20. The Morgan fingerprint density at radius 2 is 1.96 bits per heavy atom. The van der Waals surface area contributed by atoms with Crippen molar-refractivity contribution in [2.24, 2.45) is 0 Å². The van der Waals surface area contributed by atoms with E-state index in [0.717, 1.165) is 48.1 Å². The molecule has 2 N–H and O–H groups in total. The monoisotopic (exact) mass is 386 g/mol. The lowest BCUT2D eigenvalue weighted by Crippen LogP contribution is -2.26. The first-order chi connectivity index (χ1) is 13.2. The van der Waals surface area contributed by atoms with Crippen LogP contribution in [0.5, 0.6) is 0 Å². The van der Waals surface area contributed by atoms with E-state index in [0.29, 0.717) is 24.4 Å². The molecule has 2 aromatic rings. The van der Waals surface area contributed by atoms with Crippen LogP contribution in [0.2, 0.25) is 0 Å². The highest BCUT2D eigenvalue weighted by Crippen LogP contribution is 2.40. The summed E-state index contributed by atoms with van der Waals surface area (Å²) in [6.07, 6.45) is 4.59. The lowest BCUT2D eigenvalue weighted by molar-refractivity contribution is -0.137. The minimum Gasteiger partial charge on any atom is -0.481 e. The summed E-state index contributed by atoms with van der Waals surface area (Å²) >= 11 is 0. The number of pyridine rings is 1. The Kier molecular flexibility index (Phi) is 5.72. The summed E-state index contributed by atoms with van der Waals surface area (Å²) in [5.74, 6) is -0.443. The number of aliphatic carboxylic acids is 1. The fourth-order valence-corrected chi connectivity index (χ4v) is 3.42. The maximum Gasteiger partial charge on any atom is 0.303 e. The van der Waals surface area contributed by atoms with E-state index in [4.69, 9.17) is 10.1 Å². The number of carbonyl (C=O) groups excluding carboxylic acids is 1. The van der Waals surface area contributed by atoms with Gasteiger partial charge in [-0.15, -0.1) is 0 Å². The predicted molar refractivity (Wildman–Crippen MR) is 108 cm³/mol. The van der Waals surface area contributed by atoms with E-state index in [2.05, 4.69) is 31.2 Å². The number of nitrogens with zero attached hydrogens (tertiary/aromatic N) is 3. The molecule has 1 aliphatic carbocycles. The number of aromatic nitrogens is 3. The van der Waals surface area contributed by atoms with Gasteiger partial charge in [-0.1, -0.05) is 6.42 Å². The van der Waals surface area contributed by atoms with Crippen LogP contribution in [-0.2, 0) is 10.3 Å². The number of aryl methyl sites for hydroxylation is 1. The van der Waals surface area contributed by atoms with Crippen LogP contribution in [0.25, 0.3) is 11.0 Å². The molecular weight excluding hydrogens is 356 g/mol. The van der Waals surface area contributed by atoms with Crippen LogP contribution in [0, 0.1) is 6.92 Å². The summed E-state index contributed by atoms with van der Waals surface area (Å²) in [6, 6.07) is 1.93. The number of carboxylic acids is 1. The van der Waals surface area contributed by atoms with Gasteiger partial charge in [-0.3, -0.25) is 9.59 Å². The van der Waals surface area contributed by atoms with Crippen LogP contribution in [0.4, 0.5) is 0 Å². The number of unbranched alkanes of at least 4 members (excludes halogenated alkanes) is 2. The molecule has 0 spiro atoms. The summed E-state index contributed by atoms with van der Waals surface area (Å²) in [4.78, 5) is 28.4. The average molecular weight is 386 g/mol. The highest BCUT2D eigenvalue weighted by Gasteiger charge is 2.30. The first-order valence-electron chi connectivity index (χ1n) is 10.1. The summed E-state index contributed by atoms with van der Waals surface area (Å²) in [7, 11) is 0. The summed E-state index contributed by atoms with van der Waals surface area (Å²) in [5, 5.41) is 17.2. The molecule has 28 heavy (non-hydrogen) atoms. The summed E-state index contributed by atoms with van der Waals surface area (Å²) < 4.78 is 1.92. The summed E-state index contributed by atoms with van der Waals surface area (Å²) in [5.41, 5.74) is 2.99. The molecule has 2 heterocycles. The van der Waals surface area contributed by atoms with E-state index in [1.165, 1.54) is 0 Å². The number of carbonyl (C=O) groups is 2. The lowest BCUT2D eigenvalue weighted by atomic mass is 10.1. The highest BCUT2D eigenvalue weighted by molar-refractivity contribution is 6.06. The van der Waals surface area contributed by atoms with Crippen molar-refractivity contribution < 1.29 is 14.7 Å². The molecule has 0 atom stereocenters. The number of nitrogens with one attached hydrogen (secondary N) is 1. The normalized spacial score (nSPS) is 14.4. The Labute approximate surface area is 165 Å². The fourth-order valence-electron chi connectivity index (χ4n) is 3.42. The van der Waals surface area contributed by atoms with Crippen molar-refractivity contribution in [1.82, 2.24) is 20.1 Å². The van der Waals surface area contributed by atoms with Gasteiger partial charge in [-0.2, -0.15) is 5.10 Å². The highest BCUT2D eigenvalue weighted by atomic mass is 16.4. The summed E-state index contributed by atoms with van der Waals surface area (Å²) in [6.45, 7) is 8.71. The van der Waals surface area contributed by atoms with Gasteiger partial charge >= 0.3 is 5.97 Å². The minimum absolute atomic E-state index is 0.107. The number of hydrogen-bond acceptors (Lipinski definition) is 4. The number of amides is 1. The molecular formula is C21H30N4O3. The third-order valence-electron chi connectivity index (χ3n) is 5.06. The number of fused-ring (bicyclic) bond motifs is 1. The van der Waals surface area contributed by atoms with E-state index in [-0.39, 0.29) is 17.9 Å². The zero-order chi connectivity index (χ0) is 20.5. The smallest absolute Gasteiger partial charge is 0.303 e. The fraction of sp³-hybridized carbons (Fsp3) is 0.619. The van der Waals surface area contributed by atoms with Crippen molar-refractivity contribution in [1.29, 1.82) is 0 Å². The predicted octanol–water partition coefficient (Wildman–Crippen LogP) is 3.75. The van der Waals surface area contributed by atoms with Gasteiger partial charge < -0.3 is 10.4 Å². The van der Waals surface area contributed by atoms with E-state index >= 15 is 0 Å². The molecule has 7 heteroatoms. The second-order valence-electron chi connectivity index (χ2n) is 8.70. The molecule has 1 saturated carbocycles. The third kappa shape index (κ3) is 4.51. The number of hydrogen-bond donors (Lipinski definition) is 2. The van der Waals surface area contributed by atoms with Gasteiger partial charge in [0, 0.05) is 24.6 Å². The molecule has 152 valence electrons. The molecule has 1 fully saturated rings. The Balaban J connectivity index is 1.82. The maximum absolute atomic E-state index is 12.9. The first-order valence-corrected chi connectivity index (χ1v) is 10.1. The molecule has 1 aliphatic rings. The van der Waals surface area contributed by atoms with E-state index in [1.807, 2.05) is 17.7 Å². The molecule has 1 amide bonds. The molecule has 0 saturated heterocycles. The molecule has 0 radical (unpaired) electrons. The van der Waals surface area contributed by atoms with Crippen LogP contribution >= 0.6 is 0 Å². The van der Waals surface area contributed by atoms with Gasteiger partial charge in [-0.05, 0) is 59.4 Å². The zero-order valence-electron chi connectivity index (χ0n) is 17.2. The first kappa shape index (κ1) is 20.3. The second-order valence-corrected chi connectivity index (χ2v) is 8.70. The zero-order valence-corrected chi connectivity index (χ0v) is 17.2. The largest absolute Gasteiger partial charge is 0.481 e. The third-order valence-corrected chi connectivity index (χ3v) is 5.06. The quantitative estimate of drug-likeness (QED) is 0.674. The SMILES string of the molecule is Cc1nn(C(C)(C)C)c2nc(C3CC3)cc(C(=O)NCCCCCC(=O)O)c12. The van der Waals surface area contributed by atoms with Gasteiger partial charge in [0.2, 0.25) is 0 Å². The van der Waals surface area contributed by atoms with E-state index in [9.17, 15) is 9.59 Å². The van der Waals surface area contributed by atoms with Crippen LogP contribution in [0.1, 0.15) is 87.0 Å². The molecule has 3 rings (SSSR count). The van der Waals surface area contributed by atoms with Crippen LogP contribution in [-0.4, -0.2) is 38.3 Å². The van der Waals surface area contributed by atoms with Crippen molar-refractivity contribution in [2.75, 3.05) is 6.54 Å². The van der Waals surface area contributed by atoms with Crippen molar-refractivity contribution in [3.63, 3.8) is 0 Å². The topological polar surface area (TPSA) is 97.1 Å². The maximum atomic E-state index is 12.9. The number of rotatable bonds is 8. The average Bonchev–Trinajstić information content (AvgIpc) is 3.40. The second kappa shape index (κ2) is 7.89. The molecule has 2 aromatic heterocycles. The van der Waals surface area contributed by atoms with Gasteiger partial charge in [-0.25, -0.2) is 9.67 Å². The van der Waals surface area contributed by atoms with Crippen molar-refractivity contribution in [2.45, 2.75) is 77.7 Å². The molecule has 7 nitrogen and oxygen atoms in total. The number of carboxylic acid groups (broad SMARTS) is 1. The Morgan fingerprint density at radius 1 is 1.25 bits per heavy atom. The van der Waals surface area contributed by atoms with Crippen molar-refractivity contribution >= 4 is 22.9 Å². The van der Waals surface area contributed by atoms with Crippen LogP contribution < -0.4 is 5.32 Å². The van der Waals surface area contributed by atoms with Crippen molar-refractivity contribution in [3.05, 3.63) is 23.0 Å². The van der Waals surface area contributed by atoms with Gasteiger partial charge in [0.1, 0.15) is 0 Å². The van der Waals surface area contributed by atoms with E-state index < -0.39 is 5.97 Å². The molecule has 0 unspecified atom stereocenters. The Hall–Kier alpha value is -2.44. The molecule has 0 bridgehead atoms. The van der Waals surface area contributed by atoms with E-state index in [1.54, 1.807) is 0 Å². The van der Waals surface area contributed by atoms with Gasteiger partial charge in [0.05, 0.1) is 22.2 Å². The van der Waals surface area contributed by atoms with Gasteiger partial charge in [0.25, 0.3) is 5.91 Å². The molecule has 0 aliphatic heterocycles. The van der Waals surface area contributed by atoms with Crippen molar-refractivity contribution in [3.8, 4) is 0 Å². The van der Waals surface area contributed by atoms with Gasteiger partial charge in [0.15, 0.2) is 5.65 Å². The molecule has 0 aromatic carbocycles. The standard InChI is InChI=1S/C21H30N4O3/c1-13-18-15(20(28)22-11-7-5-6-8-17(26)27)12-16(14-9-10-14)23-19(18)25(24-13)21(2,3)4/h12,14H,5-11H2,1-4H3,(H,22,28)(H,26,27). The Morgan fingerprint density at radius 3 is 2.57 bits per heavy atom. The van der Waals surface area contributed by atoms with Crippen LogP contribution in [0.15, 0.2) is 6.07 Å². The van der Waals surface area contributed by atoms with Crippen LogP contribution in [0.3, 0.4) is 0 Å². The minimum atomic E-state index is -0.776.